The van der Waals surface area contributed by atoms with Gasteiger partial charge in [-0.15, -0.1) is 11.3 Å². The molecule has 1 unspecified atom stereocenters. The predicted octanol–water partition coefficient (Wildman–Crippen LogP) is 3.06. The number of thiophene rings is 1. The second-order valence-corrected chi connectivity index (χ2v) is 8.07. The molecule has 2 aromatic rings. The third kappa shape index (κ3) is 3.42. The van der Waals surface area contributed by atoms with Crippen molar-refractivity contribution in [2.24, 2.45) is 0 Å². The summed E-state index contributed by atoms with van der Waals surface area (Å²) in [5.41, 5.74) is -0.964. The Morgan fingerprint density at radius 1 is 1.36 bits per heavy atom. The lowest BCUT2D eigenvalue weighted by molar-refractivity contribution is -0.133. The van der Waals surface area contributed by atoms with Crippen molar-refractivity contribution < 1.29 is 18.8 Å². The number of imide groups is 1. The third-order valence-corrected chi connectivity index (χ3v) is 5.60. The first-order chi connectivity index (χ1) is 11.8. The number of anilines is 1. The highest BCUT2D eigenvalue weighted by Gasteiger charge is 2.50. The number of urea groups is 1. The summed E-state index contributed by atoms with van der Waals surface area (Å²) >= 11 is 4.65. The normalized spacial score (nSPS) is 19.9. The SMILES string of the molecule is CC1(c2ccc(Br)s2)NC(=O)N(CC(=O)Nc2cccc(F)c2)C1=O. The molecule has 0 saturated carbocycles. The van der Waals surface area contributed by atoms with Crippen LogP contribution in [0.25, 0.3) is 0 Å². The van der Waals surface area contributed by atoms with Gasteiger partial charge in [0.05, 0.1) is 3.79 Å². The fourth-order valence-electron chi connectivity index (χ4n) is 2.50. The maximum atomic E-state index is 13.2. The zero-order valence-corrected chi connectivity index (χ0v) is 15.4. The molecular weight excluding hydrogens is 413 g/mol. The molecule has 1 fully saturated rings. The van der Waals surface area contributed by atoms with Crippen molar-refractivity contribution in [3.63, 3.8) is 0 Å². The molecule has 1 saturated heterocycles. The lowest BCUT2D eigenvalue weighted by Gasteiger charge is -2.20. The van der Waals surface area contributed by atoms with E-state index in [-0.39, 0.29) is 5.69 Å². The number of halogens is 2. The molecule has 0 aliphatic carbocycles. The molecule has 1 aromatic carbocycles. The van der Waals surface area contributed by atoms with Crippen LogP contribution in [0.15, 0.2) is 40.2 Å². The predicted molar refractivity (Wildman–Crippen MR) is 94.6 cm³/mol. The number of nitrogens with one attached hydrogen (secondary N) is 2. The summed E-state index contributed by atoms with van der Waals surface area (Å²) in [5, 5.41) is 5.09. The van der Waals surface area contributed by atoms with Crippen LogP contribution in [-0.2, 0) is 15.1 Å². The summed E-state index contributed by atoms with van der Waals surface area (Å²) in [4.78, 5) is 38.5. The van der Waals surface area contributed by atoms with Gasteiger partial charge >= 0.3 is 6.03 Å². The summed E-state index contributed by atoms with van der Waals surface area (Å²) in [6, 6.07) is 8.23. The fourth-order valence-corrected chi connectivity index (χ4v) is 3.98. The minimum atomic E-state index is -1.22. The second kappa shape index (κ2) is 6.57. The van der Waals surface area contributed by atoms with Crippen molar-refractivity contribution >= 4 is 50.8 Å². The molecule has 2 heterocycles. The molecule has 4 amide bonds. The number of hydrogen-bond donors (Lipinski definition) is 2. The smallest absolute Gasteiger partial charge is 0.324 e. The molecule has 2 N–H and O–H groups in total. The quantitative estimate of drug-likeness (QED) is 0.738. The zero-order valence-electron chi connectivity index (χ0n) is 13.0. The molecule has 6 nitrogen and oxygen atoms in total. The van der Waals surface area contributed by atoms with Crippen LogP contribution in [0.2, 0.25) is 0 Å². The first-order valence-corrected chi connectivity index (χ1v) is 8.86. The molecule has 0 bridgehead atoms. The van der Waals surface area contributed by atoms with Crippen LogP contribution < -0.4 is 10.6 Å². The summed E-state index contributed by atoms with van der Waals surface area (Å²) in [5.74, 6) is -1.60. The van der Waals surface area contributed by atoms with Gasteiger partial charge in [-0.1, -0.05) is 6.07 Å². The van der Waals surface area contributed by atoms with E-state index in [0.717, 1.165) is 14.8 Å². The van der Waals surface area contributed by atoms with E-state index in [0.29, 0.717) is 4.88 Å². The van der Waals surface area contributed by atoms with Gasteiger partial charge in [0.2, 0.25) is 5.91 Å². The molecule has 1 atom stereocenters. The van der Waals surface area contributed by atoms with E-state index in [1.165, 1.54) is 29.5 Å². The van der Waals surface area contributed by atoms with Gasteiger partial charge in [0.15, 0.2) is 5.54 Å². The Morgan fingerprint density at radius 2 is 2.12 bits per heavy atom. The minimum Gasteiger partial charge on any atom is -0.324 e. The number of rotatable bonds is 4. The number of amides is 4. The van der Waals surface area contributed by atoms with Crippen LogP contribution in [0.4, 0.5) is 14.9 Å². The van der Waals surface area contributed by atoms with Crippen LogP contribution in [0.3, 0.4) is 0 Å². The van der Waals surface area contributed by atoms with Crippen molar-refractivity contribution in [2.45, 2.75) is 12.5 Å². The van der Waals surface area contributed by atoms with Gasteiger partial charge in [-0.25, -0.2) is 9.18 Å². The van der Waals surface area contributed by atoms with Gasteiger partial charge in [-0.3, -0.25) is 14.5 Å². The minimum absolute atomic E-state index is 0.252. The van der Waals surface area contributed by atoms with Crippen LogP contribution >= 0.6 is 27.3 Å². The lowest BCUT2D eigenvalue weighted by Crippen LogP contribution is -2.41. The van der Waals surface area contributed by atoms with E-state index in [2.05, 4.69) is 26.6 Å². The Hall–Kier alpha value is -2.26. The highest BCUT2D eigenvalue weighted by molar-refractivity contribution is 9.11. The molecule has 1 aliphatic heterocycles. The number of carbonyl (C=O) groups is 3. The highest BCUT2D eigenvalue weighted by Crippen LogP contribution is 2.35. The maximum Gasteiger partial charge on any atom is 0.325 e. The van der Waals surface area contributed by atoms with E-state index in [1.807, 2.05) is 0 Å². The molecule has 0 radical (unpaired) electrons. The topological polar surface area (TPSA) is 78.5 Å². The largest absolute Gasteiger partial charge is 0.325 e. The lowest BCUT2D eigenvalue weighted by atomic mass is 10.0. The molecule has 0 spiro atoms. The summed E-state index contributed by atoms with van der Waals surface area (Å²) in [7, 11) is 0. The van der Waals surface area contributed by atoms with E-state index in [1.54, 1.807) is 19.1 Å². The number of nitrogens with zero attached hydrogens (tertiary/aromatic N) is 1. The van der Waals surface area contributed by atoms with Gasteiger partial charge in [0, 0.05) is 10.6 Å². The van der Waals surface area contributed by atoms with E-state index >= 15 is 0 Å². The fraction of sp³-hybridized carbons (Fsp3) is 0.188. The molecule has 3 rings (SSSR count). The third-order valence-electron chi connectivity index (χ3n) is 3.75. The van der Waals surface area contributed by atoms with Gasteiger partial charge in [0.25, 0.3) is 5.91 Å². The molecule has 9 heteroatoms. The van der Waals surface area contributed by atoms with Gasteiger partial charge < -0.3 is 10.6 Å². The average molecular weight is 426 g/mol. The second-order valence-electron chi connectivity index (χ2n) is 5.61. The van der Waals surface area contributed by atoms with Crippen LogP contribution in [0.1, 0.15) is 11.8 Å². The summed E-state index contributed by atoms with van der Waals surface area (Å²) < 4.78 is 14.0. The van der Waals surface area contributed by atoms with Crippen LogP contribution in [-0.4, -0.2) is 29.3 Å². The number of hydrogen-bond acceptors (Lipinski definition) is 4. The van der Waals surface area contributed by atoms with Crippen LogP contribution in [0, 0.1) is 5.82 Å². The first-order valence-electron chi connectivity index (χ1n) is 7.25. The standard InChI is InChI=1S/C16H13BrFN3O3S/c1-16(11-5-6-12(17)25-11)14(23)21(15(24)20-16)8-13(22)19-10-4-2-3-9(18)7-10/h2-7H,8H2,1H3,(H,19,22)(H,20,24). The highest BCUT2D eigenvalue weighted by atomic mass is 79.9. The Bertz CT molecular complexity index is 872. The van der Waals surface area contributed by atoms with Crippen LogP contribution in [0.5, 0.6) is 0 Å². The Balaban J connectivity index is 1.73. The monoisotopic (exact) mass is 425 g/mol. The number of benzene rings is 1. The summed E-state index contributed by atoms with van der Waals surface area (Å²) in [6.45, 7) is 1.14. The average Bonchev–Trinajstić information content (AvgIpc) is 3.06. The Kier molecular flexibility index (Phi) is 4.61. The van der Waals surface area contributed by atoms with Gasteiger partial charge in [-0.2, -0.15) is 0 Å². The molecular formula is C16H13BrFN3O3S. The van der Waals surface area contributed by atoms with Crippen molar-refractivity contribution in [3.8, 4) is 0 Å². The summed E-state index contributed by atoms with van der Waals surface area (Å²) in [6.07, 6.45) is 0. The van der Waals surface area contributed by atoms with Gasteiger partial charge in [-0.05, 0) is 53.2 Å². The molecule has 130 valence electrons. The number of carbonyl (C=O) groups excluding carboxylic acids is 3. The maximum absolute atomic E-state index is 13.2. The first kappa shape index (κ1) is 17.6. The van der Waals surface area contributed by atoms with Crippen molar-refractivity contribution in [1.29, 1.82) is 0 Å². The molecule has 25 heavy (non-hydrogen) atoms. The van der Waals surface area contributed by atoms with E-state index < -0.39 is 35.7 Å². The van der Waals surface area contributed by atoms with Crippen molar-refractivity contribution in [3.05, 3.63) is 50.9 Å². The van der Waals surface area contributed by atoms with Crippen molar-refractivity contribution in [1.82, 2.24) is 10.2 Å². The Morgan fingerprint density at radius 3 is 2.76 bits per heavy atom. The zero-order chi connectivity index (χ0) is 18.2. The van der Waals surface area contributed by atoms with E-state index in [9.17, 15) is 18.8 Å². The Labute approximate surface area is 155 Å². The van der Waals surface area contributed by atoms with E-state index in [4.69, 9.17) is 0 Å². The van der Waals surface area contributed by atoms with Crippen molar-refractivity contribution in [2.75, 3.05) is 11.9 Å². The molecule has 1 aliphatic rings. The molecule has 1 aromatic heterocycles. The van der Waals surface area contributed by atoms with Gasteiger partial charge in [0.1, 0.15) is 12.4 Å².